The highest BCUT2D eigenvalue weighted by Gasteiger charge is 2.20. The molecular weight excluding hydrogens is 316 g/mol. The first-order valence-corrected chi connectivity index (χ1v) is 8.73. The van der Waals surface area contributed by atoms with Crippen molar-refractivity contribution in [3.05, 3.63) is 35.5 Å². The number of ether oxygens (including phenoxy) is 2. The lowest BCUT2D eigenvalue weighted by atomic mass is 9.99. The zero-order chi connectivity index (χ0) is 17.8. The van der Waals surface area contributed by atoms with Crippen molar-refractivity contribution in [1.82, 2.24) is 9.97 Å². The summed E-state index contributed by atoms with van der Waals surface area (Å²) >= 11 is 0. The van der Waals surface area contributed by atoms with E-state index in [1.807, 2.05) is 12.3 Å². The van der Waals surface area contributed by atoms with Crippen LogP contribution in [0.25, 0.3) is 0 Å². The van der Waals surface area contributed by atoms with Crippen molar-refractivity contribution in [3.63, 3.8) is 0 Å². The van der Waals surface area contributed by atoms with Crippen molar-refractivity contribution in [3.8, 4) is 11.5 Å². The molecule has 0 saturated heterocycles. The molecule has 0 amide bonds. The first kappa shape index (κ1) is 17.3. The van der Waals surface area contributed by atoms with Crippen LogP contribution in [0.2, 0.25) is 0 Å². The number of nitrogens with one attached hydrogen (secondary N) is 1. The number of aromatic nitrogens is 2. The highest BCUT2D eigenvalue weighted by molar-refractivity contribution is 5.52. The summed E-state index contributed by atoms with van der Waals surface area (Å²) in [5.41, 5.74) is 2.56. The van der Waals surface area contributed by atoms with Gasteiger partial charge in [-0.3, -0.25) is 0 Å². The standard InChI is InChI=1S/C19H26N4O2/c1-5-13(2)21-19-20-8-6-18(22-19)23-9-7-14-10-16(24-3)17(25-4)11-15(14)12-23/h6,8,10-11,13H,5,7,9,12H2,1-4H3,(H,20,21,22). The van der Waals surface area contributed by atoms with Crippen LogP contribution in [0.3, 0.4) is 0 Å². The quantitative estimate of drug-likeness (QED) is 0.869. The molecule has 0 bridgehead atoms. The Hall–Kier alpha value is -2.50. The summed E-state index contributed by atoms with van der Waals surface area (Å²) in [6.45, 7) is 6.00. The second kappa shape index (κ2) is 7.59. The second-order valence-electron chi connectivity index (χ2n) is 6.34. The number of anilines is 2. The van der Waals surface area contributed by atoms with Gasteiger partial charge in [-0.2, -0.15) is 4.98 Å². The first-order chi connectivity index (χ1) is 12.1. The molecule has 0 aliphatic carbocycles. The Labute approximate surface area is 149 Å². The normalized spacial score (nSPS) is 14.6. The molecule has 3 rings (SSSR count). The van der Waals surface area contributed by atoms with E-state index >= 15 is 0 Å². The Morgan fingerprint density at radius 2 is 1.92 bits per heavy atom. The van der Waals surface area contributed by atoms with Gasteiger partial charge < -0.3 is 19.7 Å². The fourth-order valence-corrected chi connectivity index (χ4v) is 3.00. The third-order valence-electron chi connectivity index (χ3n) is 4.67. The van der Waals surface area contributed by atoms with E-state index in [0.29, 0.717) is 12.0 Å². The lowest BCUT2D eigenvalue weighted by Crippen LogP contribution is -2.31. The summed E-state index contributed by atoms with van der Waals surface area (Å²) in [6, 6.07) is 6.48. The number of hydrogen-bond acceptors (Lipinski definition) is 6. The highest BCUT2D eigenvalue weighted by atomic mass is 16.5. The molecular formula is C19H26N4O2. The predicted molar refractivity (Wildman–Crippen MR) is 99.7 cm³/mol. The first-order valence-electron chi connectivity index (χ1n) is 8.73. The van der Waals surface area contributed by atoms with E-state index in [-0.39, 0.29) is 0 Å². The number of fused-ring (bicyclic) bond motifs is 1. The van der Waals surface area contributed by atoms with Crippen LogP contribution in [0.4, 0.5) is 11.8 Å². The fraction of sp³-hybridized carbons (Fsp3) is 0.474. The van der Waals surface area contributed by atoms with Gasteiger partial charge in [0.15, 0.2) is 11.5 Å². The molecule has 0 fully saturated rings. The monoisotopic (exact) mass is 342 g/mol. The molecule has 2 heterocycles. The molecule has 25 heavy (non-hydrogen) atoms. The van der Waals surface area contributed by atoms with Gasteiger partial charge in [0.05, 0.1) is 14.2 Å². The van der Waals surface area contributed by atoms with E-state index in [2.05, 4.69) is 46.2 Å². The molecule has 134 valence electrons. The summed E-state index contributed by atoms with van der Waals surface area (Å²) in [4.78, 5) is 11.3. The summed E-state index contributed by atoms with van der Waals surface area (Å²) in [5, 5.41) is 3.34. The molecule has 0 radical (unpaired) electrons. The van der Waals surface area contributed by atoms with E-state index in [9.17, 15) is 0 Å². The Bertz CT molecular complexity index is 735. The van der Waals surface area contributed by atoms with Crippen LogP contribution in [0.5, 0.6) is 11.5 Å². The van der Waals surface area contributed by atoms with Crippen molar-refractivity contribution in [2.24, 2.45) is 0 Å². The van der Waals surface area contributed by atoms with Crippen LogP contribution in [-0.2, 0) is 13.0 Å². The van der Waals surface area contributed by atoms with E-state index in [4.69, 9.17) is 9.47 Å². The zero-order valence-corrected chi connectivity index (χ0v) is 15.4. The minimum Gasteiger partial charge on any atom is -0.493 e. The van der Waals surface area contributed by atoms with Gasteiger partial charge in [0.25, 0.3) is 0 Å². The molecule has 1 atom stereocenters. The molecule has 6 heteroatoms. The maximum absolute atomic E-state index is 5.44. The van der Waals surface area contributed by atoms with Crippen LogP contribution >= 0.6 is 0 Å². The van der Waals surface area contributed by atoms with Crippen LogP contribution in [0.1, 0.15) is 31.4 Å². The van der Waals surface area contributed by atoms with Gasteiger partial charge in [-0.05, 0) is 49.1 Å². The summed E-state index contributed by atoms with van der Waals surface area (Å²) < 4.78 is 10.8. The Morgan fingerprint density at radius 1 is 1.20 bits per heavy atom. The zero-order valence-electron chi connectivity index (χ0n) is 15.4. The molecule has 0 spiro atoms. The topological polar surface area (TPSA) is 59.5 Å². The molecule has 1 unspecified atom stereocenters. The number of rotatable bonds is 6. The number of nitrogens with zero attached hydrogens (tertiary/aromatic N) is 3. The van der Waals surface area contributed by atoms with Crippen molar-refractivity contribution < 1.29 is 9.47 Å². The Balaban J connectivity index is 1.82. The second-order valence-corrected chi connectivity index (χ2v) is 6.34. The molecule has 1 aliphatic heterocycles. The van der Waals surface area contributed by atoms with Crippen molar-refractivity contribution in [2.45, 2.75) is 39.3 Å². The highest BCUT2D eigenvalue weighted by Crippen LogP contribution is 2.34. The summed E-state index contributed by atoms with van der Waals surface area (Å²) in [6.07, 6.45) is 3.80. The van der Waals surface area contributed by atoms with Gasteiger partial charge in [0.2, 0.25) is 5.95 Å². The average molecular weight is 342 g/mol. The van der Waals surface area contributed by atoms with Gasteiger partial charge in [0.1, 0.15) is 5.82 Å². The van der Waals surface area contributed by atoms with Crippen LogP contribution in [0.15, 0.2) is 24.4 Å². The van der Waals surface area contributed by atoms with Crippen molar-refractivity contribution in [2.75, 3.05) is 31.0 Å². The smallest absolute Gasteiger partial charge is 0.224 e. The van der Waals surface area contributed by atoms with Gasteiger partial charge in [0, 0.05) is 25.3 Å². The Morgan fingerprint density at radius 3 is 2.60 bits per heavy atom. The molecule has 0 saturated carbocycles. The summed E-state index contributed by atoms with van der Waals surface area (Å²) in [5.74, 6) is 3.19. The van der Waals surface area contributed by atoms with Gasteiger partial charge in [-0.1, -0.05) is 6.92 Å². The third kappa shape index (κ3) is 3.78. The largest absolute Gasteiger partial charge is 0.493 e. The lowest BCUT2D eigenvalue weighted by molar-refractivity contribution is 0.353. The van der Waals surface area contributed by atoms with Gasteiger partial charge in [-0.15, -0.1) is 0 Å². The number of benzene rings is 1. The van der Waals surface area contributed by atoms with E-state index in [1.54, 1.807) is 14.2 Å². The van der Waals surface area contributed by atoms with E-state index < -0.39 is 0 Å². The Kier molecular flexibility index (Phi) is 5.26. The predicted octanol–water partition coefficient (Wildman–Crippen LogP) is 3.27. The van der Waals surface area contributed by atoms with Gasteiger partial charge >= 0.3 is 0 Å². The molecule has 1 N–H and O–H groups in total. The molecule has 1 aromatic carbocycles. The molecule has 1 aliphatic rings. The molecule has 2 aromatic rings. The number of methoxy groups -OCH3 is 2. The maximum atomic E-state index is 5.44. The van der Waals surface area contributed by atoms with E-state index in [1.165, 1.54) is 11.1 Å². The maximum Gasteiger partial charge on any atom is 0.224 e. The third-order valence-corrected chi connectivity index (χ3v) is 4.67. The molecule has 6 nitrogen and oxygen atoms in total. The minimum atomic E-state index is 0.356. The van der Waals surface area contributed by atoms with Crippen LogP contribution < -0.4 is 19.7 Å². The number of hydrogen-bond donors (Lipinski definition) is 1. The summed E-state index contributed by atoms with van der Waals surface area (Å²) in [7, 11) is 3.34. The minimum absolute atomic E-state index is 0.356. The SMILES string of the molecule is CCC(C)Nc1nccc(N2CCc3cc(OC)c(OC)cc3C2)n1. The van der Waals surface area contributed by atoms with E-state index in [0.717, 1.165) is 43.2 Å². The molecule has 1 aromatic heterocycles. The van der Waals surface area contributed by atoms with Crippen molar-refractivity contribution in [1.29, 1.82) is 0 Å². The lowest BCUT2D eigenvalue weighted by Gasteiger charge is -2.30. The average Bonchev–Trinajstić information content (AvgIpc) is 2.66. The van der Waals surface area contributed by atoms with Crippen molar-refractivity contribution >= 4 is 11.8 Å². The fourth-order valence-electron chi connectivity index (χ4n) is 3.00. The van der Waals surface area contributed by atoms with Crippen LogP contribution in [-0.4, -0.2) is 36.8 Å². The van der Waals surface area contributed by atoms with Gasteiger partial charge in [-0.25, -0.2) is 4.98 Å². The van der Waals surface area contributed by atoms with Crippen LogP contribution in [0, 0.1) is 0 Å².